The van der Waals surface area contributed by atoms with Crippen LogP contribution in [0, 0.1) is 17.3 Å². The van der Waals surface area contributed by atoms with E-state index < -0.39 is 0 Å². The van der Waals surface area contributed by atoms with Crippen LogP contribution >= 0.6 is 0 Å². The van der Waals surface area contributed by atoms with Crippen LogP contribution in [0.25, 0.3) is 0 Å². The monoisotopic (exact) mass is 585 g/mol. The molecule has 0 unspecified atom stereocenters. The first kappa shape index (κ1) is 30.0. The highest BCUT2D eigenvalue weighted by atomic mass is 16.5. The van der Waals surface area contributed by atoms with Gasteiger partial charge in [0.05, 0.1) is 51.7 Å². The summed E-state index contributed by atoms with van der Waals surface area (Å²) in [6.45, 7) is 3.94. The maximum Gasteiger partial charge on any atom is 0.375 e. The van der Waals surface area contributed by atoms with Crippen LogP contribution in [0.1, 0.15) is 67.2 Å². The normalized spacial score (nSPS) is 26.3. The number of hydrogen-bond acceptors (Lipinski definition) is 4. The van der Waals surface area contributed by atoms with Gasteiger partial charge in [-0.05, 0) is 97.1 Å². The molecule has 6 nitrogen and oxygen atoms in total. The maximum atomic E-state index is 10.8. The summed E-state index contributed by atoms with van der Waals surface area (Å²) in [5.74, 6) is 4.56. The van der Waals surface area contributed by atoms with E-state index in [2.05, 4.69) is 106 Å². The van der Waals surface area contributed by atoms with Gasteiger partial charge in [0.25, 0.3) is 0 Å². The first-order valence-electron chi connectivity index (χ1n) is 16.1. The minimum absolute atomic E-state index is 0.113. The summed E-state index contributed by atoms with van der Waals surface area (Å²) in [7, 11) is 12.5. The molecule has 2 saturated carbocycles. The SMILES string of the molecule is COc1cc(C[N+](C)(C)C)ccc1C[n+]1ccc(N(C)C)cc1Oc1ccc2c(c1)CC[C@@H]1[C@@H]2CC[C@]2(C)[C@@H](O)CC[C@@H]12. The Kier molecular flexibility index (Phi) is 7.97. The van der Waals surface area contributed by atoms with Gasteiger partial charge in [-0.3, -0.25) is 0 Å². The number of ether oxygens (including phenoxy) is 2. The van der Waals surface area contributed by atoms with Crippen LogP contribution in [-0.2, 0) is 19.5 Å². The summed E-state index contributed by atoms with van der Waals surface area (Å²) in [5.41, 5.74) is 6.55. The highest BCUT2D eigenvalue weighted by Gasteiger charge is 2.54. The standard InChI is InChI=1S/C37H51N3O3/c1-37-18-16-31-30-13-11-29(21-26(30)10-12-32(31)33(37)14-15-35(37)41)43-36-22-28(38(2)3)17-19-39(36)23-27-9-8-25(20-34(27)42-7)24-40(4,5)6/h8-9,11,13,17,19-22,31-33,35,41H,10,12,14-16,18,23-24H2,1-7H3/q+2/t31-,32-,33+,35+,37+/m1/s1. The summed E-state index contributed by atoms with van der Waals surface area (Å²) in [6.07, 6.45) is 8.77. The maximum absolute atomic E-state index is 10.8. The van der Waals surface area contributed by atoms with Crippen LogP contribution in [0.3, 0.4) is 0 Å². The van der Waals surface area contributed by atoms with E-state index in [1.165, 1.54) is 36.0 Å². The Labute approximate surface area is 258 Å². The van der Waals surface area contributed by atoms with Crippen molar-refractivity contribution in [2.75, 3.05) is 47.2 Å². The molecule has 1 N–H and O–H groups in total. The van der Waals surface area contributed by atoms with Gasteiger partial charge in [-0.1, -0.05) is 19.1 Å². The predicted octanol–water partition coefficient (Wildman–Crippen LogP) is 6.31. The molecule has 6 heteroatoms. The van der Waals surface area contributed by atoms with Crippen molar-refractivity contribution in [2.45, 2.75) is 70.6 Å². The van der Waals surface area contributed by atoms with E-state index in [9.17, 15) is 5.11 Å². The molecule has 6 rings (SSSR count). The lowest BCUT2D eigenvalue weighted by Gasteiger charge is -2.50. The van der Waals surface area contributed by atoms with Gasteiger partial charge >= 0.3 is 5.88 Å². The Hall–Kier alpha value is -3.09. The van der Waals surface area contributed by atoms with Crippen molar-refractivity contribution in [3.05, 3.63) is 77.0 Å². The number of quaternary nitrogens is 1. The molecule has 2 aromatic carbocycles. The lowest BCUT2D eigenvalue weighted by atomic mass is 9.55. The highest BCUT2D eigenvalue weighted by Crippen LogP contribution is 2.61. The number of benzene rings is 2. The van der Waals surface area contributed by atoms with Crippen molar-refractivity contribution in [3.63, 3.8) is 0 Å². The molecule has 0 spiro atoms. The number of anilines is 1. The van der Waals surface area contributed by atoms with Crippen molar-refractivity contribution < 1.29 is 23.6 Å². The number of aliphatic hydroxyl groups is 1. The molecule has 0 radical (unpaired) electrons. The number of nitrogens with zero attached hydrogens (tertiary/aromatic N) is 3. The van der Waals surface area contributed by atoms with Crippen molar-refractivity contribution in [3.8, 4) is 17.4 Å². The third-order valence-corrected chi connectivity index (χ3v) is 10.7. The summed E-state index contributed by atoms with van der Waals surface area (Å²) in [5, 5.41) is 10.8. The Morgan fingerprint density at radius 2 is 1.81 bits per heavy atom. The number of aryl methyl sites for hydroxylation is 1. The first-order valence-corrected chi connectivity index (χ1v) is 16.1. The Balaban J connectivity index is 1.26. The molecule has 1 aromatic heterocycles. The lowest BCUT2D eigenvalue weighted by Crippen LogP contribution is -2.43. The van der Waals surface area contributed by atoms with Gasteiger partial charge in [0, 0.05) is 25.7 Å². The zero-order valence-corrected chi connectivity index (χ0v) is 27.3. The average Bonchev–Trinajstić information content (AvgIpc) is 3.27. The van der Waals surface area contributed by atoms with Crippen LogP contribution in [0.5, 0.6) is 17.4 Å². The van der Waals surface area contributed by atoms with E-state index in [0.717, 1.165) is 58.9 Å². The third-order valence-electron chi connectivity index (χ3n) is 10.7. The molecular formula is C37H51N3O3+2. The number of pyridine rings is 1. The Morgan fingerprint density at radius 1 is 1.00 bits per heavy atom. The smallest absolute Gasteiger partial charge is 0.375 e. The fourth-order valence-electron chi connectivity index (χ4n) is 8.46. The molecular weight excluding hydrogens is 534 g/mol. The Bertz CT molecular complexity index is 1480. The summed E-state index contributed by atoms with van der Waals surface area (Å²) in [6, 6.07) is 17.6. The first-order chi connectivity index (χ1) is 20.4. The summed E-state index contributed by atoms with van der Waals surface area (Å²) < 4.78 is 15.6. The van der Waals surface area contributed by atoms with Gasteiger partial charge in [0.1, 0.15) is 18.0 Å². The molecule has 3 aliphatic rings. The number of rotatable bonds is 8. The average molecular weight is 586 g/mol. The second kappa shape index (κ2) is 11.4. The zero-order chi connectivity index (χ0) is 30.5. The Morgan fingerprint density at radius 3 is 2.56 bits per heavy atom. The molecule has 2 fully saturated rings. The van der Waals surface area contributed by atoms with Crippen molar-refractivity contribution in [1.29, 1.82) is 0 Å². The van der Waals surface area contributed by atoms with Gasteiger partial charge in [-0.15, -0.1) is 0 Å². The van der Waals surface area contributed by atoms with Crippen molar-refractivity contribution in [2.24, 2.45) is 17.3 Å². The lowest BCUT2D eigenvalue weighted by molar-refractivity contribution is -0.884. The molecule has 0 saturated heterocycles. The number of hydrogen-bond donors (Lipinski definition) is 1. The highest BCUT2D eigenvalue weighted by molar-refractivity contribution is 5.47. The van der Waals surface area contributed by atoms with Crippen LogP contribution in [0.15, 0.2) is 54.7 Å². The van der Waals surface area contributed by atoms with Crippen LogP contribution < -0.4 is 18.9 Å². The van der Waals surface area contributed by atoms with Crippen LogP contribution in [-0.4, -0.2) is 58.0 Å². The number of aromatic nitrogens is 1. The fraction of sp³-hybridized carbons (Fsp3) is 0.541. The molecule has 43 heavy (non-hydrogen) atoms. The van der Waals surface area contributed by atoms with E-state index in [1.807, 2.05) is 0 Å². The van der Waals surface area contributed by atoms with E-state index in [0.29, 0.717) is 24.3 Å². The van der Waals surface area contributed by atoms with Crippen molar-refractivity contribution >= 4 is 5.69 Å². The molecule has 1 heterocycles. The van der Waals surface area contributed by atoms with Gasteiger partial charge in [-0.2, -0.15) is 4.57 Å². The zero-order valence-electron chi connectivity index (χ0n) is 27.3. The second-order valence-corrected chi connectivity index (χ2v) is 14.9. The second-order valence-electron chi connectivity index (χ2n) is 14.9. The van der Waals surface area contributed by atoms with E-state index in [4.69, 9.17) is 9.47 Å². The predicted molar refractivity (Wildman–Crippen MR) is 172 cm³/mol. The molecule has 0 aliphatic heterocycles. The largest absolute Gasteiger partial charge is 0.496 e. The molecule has 3 aromatic rings. The number of methoxy groups -OCH3 is 1. The number of fused-ring (bicyclic) bond motifs is 5. The van der Waals surface area contributed by atoms with Crippen molar-refractivity contribution in [1.82, 2.24) is 0 Å². The van der Waals surface area contributed by atoms with Crippen LogP contribution in [0.2, 0.25) is 0 Å². The molecule has 230 valence electrons. The molecule has 5 atom stereocenters. The summed E-state index contributed by atoms with van der Waals surface area (Å²) in [4.78, 5) is 2.11. The quantitative estimate of drug-likeness (QED) is 0.249. The fourth-order valence-corrected chi connectivity index (χ4v) is 8.46. The van der Waals surface area contributed by atoms with Gasteiger partial charge in [0.2, 0.25) is 0 Å². The van der Waals surface area contributed by atoms with E-state index in [1.54, 1.807) is 7.11 Å². The number of aliphatic hydroxyl groups excluding tert-OH is 1. The third kappa shape index (κ3) is 5.88. The van der Waals surface area contributed by atoms with E-state index >= 15 is 0 Å². The minimum Gasteiger partial charge on any atom is -0.496 e. The van der Waals surface area contributed by atoms with Gasteiger partial charge < -0.3 is 24.0 Å². The van der Waals surface area contributed by atoms with Crippen LogP contribution in [0.4, 0.5) is 5.69 Å². The van der Waals surface area contributed by atoms with E-state index in [-0.39, 0.29) is 11.5 Å². The molecule has 3 aliphatic carbocycles. The molecule has 0 bridgehead atoms. The van der Waals surface area contributed by atoms with Gasteiger partial charge in [0.15, 0.2) is 12.7 Å². The molecule has 0 amide bonds. The minimum atomic E-state index is -0.124. The van der Waals surface area contributed by atoms with Gasteiger partial charge in [-0.25, -0.2) is 0 Å². The topological polar surface area (TPSA) is 45.8 Å². The summed E-state index contributed by atoms with van der Waals surface area (Å²) >= 11 is 0.